The second-order valence-corrected chi connectivity index (χ2v) is 8.14. The fraction of sp³-hybridized carbons (Fsp3) is 0.312. The number of hydrogen-bond donors (Lipinski definition) is 5. The first kappa shape index (κ1) is 19.2. The summed E-state index contributed by atoms with van der Waals surface area (Å²) in [6.45, 7) is -0.0225. The maximum Gasteiger partial charge on any atom is 0.332 e. The average Bonchev–Trinajstić information content (AvgIpc) is 3.01. The van der Waals surface area contributed by atoms with Gasteiger partial charge in [-0.25, -0.2) is 4.98 Å². The number of aliphatic hydroxyl groups is 1. The van der Waals surface area contributed by atoms with Gasteiger partial charge >= 0.3 is 7.60 Å². The van der Waals surface area contributed by atoms with E-state index in [1.807, 2.05) is 0 Å². The van der Waals surface area contributed by atoms with E-state index in [0.717, 1.165) is 0 Å². The minimum atomic E-state index is -4.42. The topological polar surface area (TPSA) is 173 Å². The number of rotatable bonds is 7. The highest BCUT2D eigenvalue weighted by atomic mass is 31.2. The Morgan fingerprint density at radius 2 is 1.85 bits per heavy atom. The van der Waals surface area contributed by atoms with Crippen molar-refractivity contribution in [1.82, 2.24) is 19.5 Å². The van der Waals surface area contributed by atoms with Gasteiger partial charge in [-0.15, -0.1) is 0 Å². The molecule has 11 heteroatoms. The average molecular weight is 392 g/mol. The Hall–Kier alpha value is -2.52. The first-order valence-electron chi connectivity index (χ1n) is 8.24. The summed E-state index contributed by atoms with van der Waals surface area (Å²) in [5.74, 6) is -0.300. The fourth-order valence-corrected chi connectivity index (χ4v) is 4.19. The van der Waals surface area contributed by atoms with Crippen molar-refractivity contribution < 1.29 is 19.5 Å². The minimum absolute atomic E-state index is 0.000298. The third-order valence-corrected chi connectivity index (χ3v) is 5.69. The van der Waals surface area contributed by atoms with Crippen LogP contribution in [0.15, 0.2) is 36.7 Å². The van der Waals surface area contributed by atoms with Gasteiger partial charge < -0.3 is 30.9 Å². The second-order valence-electron chi connectivity index (χ2n) is 6.34. The predicted octanol–water partition coefficient (Wildman–Crippen LogP) is 0.908. The molecule has 0 spiro atoms. The van der Waals surface area contributed by atoms with E-state index in [-0.39, 0.29) is 31.3 Å². The number of anilines is 2. The Bertz CT molecular complexity index is 974. The van der Waals surface area contributed by atoms with Gasteiger partial charge in [0.1, 0.15) is 5.52 Å². The van der Waals surface area contributed by atoms with Crippen molar-refractivity contribution in [2.45, 2.75) is 18.6 Å². The Morgan fingerprint density at radius 3 is 2.48 bits per heavy atom. The van der Waals surface area contributed by atoms with Crippen LogP contribution in [0.3, 0.4) is 0 Å². The maximum absolute atomic E-state index is 12.0. The Kier molecular flexibility index (Phi) is 5.43. The number of nitrogens with zero attached hydrogens (tertiary/aromatic N) is 4. The van der Waals surface area contributed by atoms with Crippen LogP contribution in [0.4, 0.5) is 11.8 Å². The summed E-state index contributed by atoms with van der Waals surface area (Å²) in [6.07, 6.45) is 1.58. The SMILES string of the molecule is Nc1nc(N)c2ncn(C[C@H](CO)C[C@H](c3ccccc3)P(=O)(O)O)c2n1. The highest BCUT2D eigenvalue weighted by Gasteiger charge is 2.33. The molecule has 0 aliphatic heterocycles. The molecule has 0 aliphatic carbocycles. The molecule has 2 aromatic heterocycles. The van der Waals surface area contributed by atoms with E-state index in [1.165, 1.54) is 6.33 Å². The number of nitrogens with two attached hydrogens (primary N) is 2. The van der Waals surface area contributed by atoms with Gasteiger partial charge in [-0.3, -0.25) is 4.57 Å². The molecule has 2 heterocycles. The van der Waals surface area contributed by atoms with Gasteiger partial charge in [0.25, 0.3) is 0 Å². The van der Waals surface area contributed by atoms with Crippen LogP contribution in [-0.2, 0) is 11.1 Å². The van der Waals surface area contributed by atoms with Crippen molar-refractivity contribution in [3.63, 3.8) is 0 Å². The van der Waals surface area contributed by atoms with E-state index < -0.39 is 19.2 Å². The largest absolute Gasteiger partial charge is 0.396 e. The molecule has 0 radical (unpaired) electrons. The monoisotopic (exact) mass is 392 g/mol. The molecule has 2 atom stereocenters. The molecule has 27 heavy (non-hydrogen) atoms. The zero-order valence-corrected chi connectivity index (χ0v) is 15.3. The molecule has 1 aromatic carbocycles. The van der Waals surface area contributed by atoms with E-state index in [1.54, 1.807) is 34.9 Å². The number of fused-ring (bicyclic) bond motifs is 1. The molecule has 3 rings (SSSR count). The van der Waals surface area contributed by atoms with E-state index in [4.69, 9.17) is 11.5 Å². The summed E-state index contributed by atoms with van der Waals surface area (Å²) in [7, 11) is -4.42. The van der Waals surface area contributed by atoms with Crippen LogP contribution >= 0.6 is 7.60 Å². The third-order valence-electron chi connectivity index (χ3n) is 4.37. The lowest BCUT2D eigenvalue weighted by Crippen LogP contribution is -2.18. The van der Waals surface area contributed by atoms with Gasteiger partial charge in [0.15, 0.2) is 11.5 Å². The lowest BCUT2D eigenvalue weighted by molar-refractivity contribution is 0.198. The summed E-state index contributed by atoms with van der Waals surface area (Å²) in [5, 5.41) is 9.80. The number of aliphatic hydroxyl groups excluding tert-OH is 1. The number of hydrogen-bond acceptors (Lipinski definition) is 7. The quantitative estimate of drug-likeness (QED) is 0.366. The molecular weight excluding hydrogens is 371 g/mol. The van der Waals surface area contributed by atoms with Gasteiger partial charge in [-0.2, -0.15) is 9.97 Å². The lowest BCUT2D eigenvalue weighted by atomic mass is 9.99. The molecule has 0 unspecified atom stereocenters. The molecule has 0 bridgehead atoms. The number of imidazole rings is 1. The van der Waals surface area contributed by atoms with E-state index in [0.29, 0.717) is 16.7 Å². The second kappa shape index (κ2) is 7.61. The minimum Gasteiger partial charge on any atom is -0.396 e. The highest BCUT2D eigenvalue weighted by Crippen LogP contribution is 2.54. The van der Waals surface area contributed by atoms with E-state index in [2.05, 4.69) is 15.0 Å². The first-order chi connectivity index (χ1) is 12.8. The standard InChI is InChI=1S/C16H21N6O4P/c17-14-13-15(21-16(18)20-14)22(9-19-13)7-10(8-23)6-12(27(24,25)26)11-4-2-1-3-5-11/h1-5,9-10,12,23H,6-8H2,(H2,24,25,26)(H4,17,18,20,21)/t10-,12-/m1/s1. The predicted molar refractivity (Wildman–Crippen MR) is 101 cm³/mol. The van der Waals surface area contributed by atoms with Crippen LogP contribution < -0.4 is 11.5 Å². The summed E-state index contributed by atoms with van der Waals surface area (Å²) < 4.78 is 13.7. The molecular formula is C16H21N6O4P. The summed E-state index contributed by atoms with van der Waals surface area (Å²) in [4.78, 5) is 31.7. The lowest BCUT2D eigenvalue weighted by Gasteiger charge is -2.24. The van der Waals surface area contributed by atoms with Crippen LogP contribution in [0.25, 0.3) is 11.2 Å². The van der Waals surface area contributed by atoms with Gasteiger partial charge in [-0.1, -0.05) is 30.3 Å². The van der Waals surface area contributed by atoms with Gasteiger partial charge in [0.05, 0.1) is 12.0 Å². The molecule has 0 saturated heterocycles. The Labute approximate surface area is 155 Å². The molecule has 10 nitrogen and oxygen atoms in total. The van der Waals surface area contributed by atoms with Crippen molar-refractivity contribution in [1.29, 1.82) is 0 Å². The third kappa shape index (κ3) is 4.25. The molecule has 0 fully saturated rings. The Balaban J connectivity index is 1.88. The summed E-state index contributed by atoms with van der Waals surface area (Å²) >= 11 is 0. The molecule has 7 N–H and O–H groups in total. The van der Waals surface area contributed by atoms with Crippen molar-refractivity contribution in [3.05, 3.63) is 42.2 Å². The van der Waals surface area contributed by atoms with Crippen molar-refractivity contribution >= 4 is 30.5 Å². The number of nitrogen functional groups attached to an aromatic ring is 2. The number of benzene rings is 1. The van der Waals surface area contributed by atoms with Crippen LogP contribution in [0.5, 0.6) is 0 Å². The smallest absolute Gasteiger partial charge is 0.332 e. The fourth-order valence-electron chi connectivity index (χ4n) is 3.06. The van der Waals surface area contributed by atoms with Crippen LogP contribution in [0.1, 0.15) is 17.6 Å². The van der Waals surface area contributed by atoms with Crippen LogP contribution in [0.2, 0.25) is 0 Å². The van der Waals surface area contributed by atoms with Crippen molar-refractivity contribution in [2.24, 2.45) is 5.92 Å². The van der Waals surface area contributed by atoms with E-state index in [9.17, 15) is 19.5 Å². The van der Waals surface area contributed by atoms with Crippen LogP contribution in [0, 0.1) is 5.92 Å². The first-order valence-corrected chi connectivity index (χ1v) is 9.92. The molecule has 0 saturated carbocycles. The number of aromatic nitrogens is 4. The molecule has 144 valence electrons. The normalized spacial score (nSPS) is 14.3. The summed E-state index contributed by atoms with van der Waals surface area (Å²) in [6, 6.07) is 8.55. The van der Waals surface area contributed by atoms with Gasteiger partial charge in [0.2, 0.25) is 5.95 Å². The Morgan fingerprint density at radius 1 is 1.15 bits per heavy atom. The summed E-state index contributed by atoms with van der Waals surface area (Å²) in [5.41, 5.74) is 11.7. The van der Waals surface area contributed by atoms with Gasteiger partial charge in [0, 0.05) is 19.1 Å². The highest BCUT2D eigenvalue weighted by molar-refractivity contribution is 7.52. The molecule has 0 amide bonds. The van der Waals surface area contributed by atoms with Crippen molar-refractivity contribution in [2.75, 3.05) is 18.1 Å². The maximum atomic E-state index is 12.0. The molecule has 3 aromatic rings. The van der Waals surface area contributed by atoms with Crippen molar-refractivity contribution in [3.8, 4) is 0 Å². The van der Waals surface area contributed by atoms with Gasteiger partial charge in [-0.05, 0) is 12.0 Å². The molecule has 0 aliphatic rings. The zero-order valence-electron chi connectivity index (χ0n) is 14.4. The van der Waals surface area contributed by atoms with E-state index >= 15 is 0 Å². The zero-order chi connectivity index (χ0) is 19.6. The van der Waals surface area contributed by atoms with Crippen LogP contribution in [-0.4, -0.2) is 41.0 Å².